The van der Waals surface area contributed by atoms with Crippen molar-refractivity contribution in [2.45, 2.75) is 37.8 Å². The van der Waals surface area contributed by atoms with E-state index >= 15 is 0 Å². The Balaban J connectivity index is 0.000000147. The maximum absolute atomic E-state index is 11.3. The van der Waals surface area contributed by atoms with E-state index in [1.807, 2.05) is 12.1 Å². The predicted molar refractivity (Wildman–Crippen MR) is 172 cm³/mol. The van der Waals surface area contributed by atoms with Crippen molar-refractivity contribution < 1.29 is 24.3 Å². The van der Waals surface area contributed by atoms with Gasteiger partial charge in [0.25, 0.3) is 5.91 Å². The van der Waals surface area contributed by atoms with E-state index in [2.05, 4.69) is 30.8 Å². The molecule has 6 aromatic rings. The number of thiophene rings is 2. The Labute approximate surface area is 267 Å². The number of aromatic carboxylic acids is 1. The standard InChI is InChI=1S/C15H13N5O2S.C15H12N4O3S/c16-14(22)12-4-3-11(23-12)10-5-13(18-9-1-2-9)20-15(19-10)8(7-21)6-17-20;20-7-8-6-16-19-13(17-9-1-2-9)5-10(18-14(8)19)11-3-4-12(23-11)15(21)22/h3-7,9,18H,1-2H2,(H2,16,22);3-7,9,17H,1-2H2,(H,21,22). The van der Waals surface area contributed by atoms with Crippen LogP contribution in [0, 0.1) is 0 Å². The van der Waals surface area contributed by atoms with E-state index in [9.17, 15) is 19.2 Å². The van der Waals surface area contributed by atoms with Gasteiger partial charge < -0.3 is 21.5 Å². The molecule has 2 aliphatic rings. The molecule has 0 atom stereocenters. The van der Waals surface area contributed by atoms with Gasteiger partial charge in [-0.15, -0.1) is 22.7 Å². The quantitative estimate of drug-likeness (QED) is 0.152. The van der Waals surface area contributed by atoms with E-state index in [1.165, 1.54) is 23.7 Å². The molecule has 2 saturated carbocycles. The highest BCUT2D eigenvalue weighted by Crippen LogP contribution is 2.33. The zero-order valence-corrected chi connectivity index (χ0v) is 25.5. The Morgan fingerprint density at radius 2 is 1.24 bits per heavy atom. The second-order valence-corrected chi connectivity index (χ2v) is 13.0. The number of aromatic nitrogens is 6. The number of anilines is 2. The molecule has 0 bridgehead atoms. The van der Waals surface area contributed by atoms with Gasteiger partial charge in [0.05, 0.1) is 49.5 Å². The molecule has 6 aromatic heterocycles. The van der Waals surface area contributed by atoms with Gasteiger partial charge in [-0.05, 0) is 49.9 Å². The van der Waals surface area contributed by atoms with E-state index in [4.69, 9.17) is 10.8 Å². The molecule has 2 aliphatic carbocycles. The third-order valence-electron chi connectivity index (χ3n) is 7.28. The van der Waals surface area contributed by atoms with Crippen LogP contribution < -0.4 is 16.4 Å². The molecule has 0 aliphatic heterocycles. The van der Waals surface area contributed by atoms with Crippen LogP contribution in [-0.2, 0) is 0 Å². The minimum absolute atomic E-state index is 0.252. The van der Waals surface area contributed by atoms with Crippen molar-refractivity contribution in [3.8, 4) is 21.1 Å². The van der Waals surface area contributed by atoms with Crippen LogP contribution in [0.2, 0.25) is 0 Å². The molecule has 0 aromatic carbocycles. The minimum atomic E-state index is -0.961. The lowest BCUT2D eigenvalue weighted by molar-refractivity contribution is 0.0701. The number of carboxylic acids is 1. The Kier molecular flexibility index (Phi) is 7.50. The van der Waals surface area contributed by atoms with E-state index in [0.717, 1.165) is 71.0 Å². The van der Waals surface area contributed by atoms with Crippen LogP contribution in [0.4, 0.5) is 11.6 Å². The first kappa shape index (κ1) is 29.2. The molecular weight excluding hydrogens is 631 g/mol. The smallest absolute Gasteiger partial charge is 0.345 e. The van der Waals surface area contributed by atoms with Crippen LogP contribution in [0.5, 0.6) is 0 Å². The fourth-order valence-electron chi connectivity index (χ4n) is 4.66. The van der Waals surface area contributed by atoms with Crippen molar-refractivity contribution in [3.63, 3.8) is 0 Å². The SMILES string of the molecule is NC(=O)c1ccc(-c2cc(NC3CC3)n3ncc(C=O)c3n2)s1.O=Cc1cnn2c(NC3CC3)cc(-c3ccc(C(=O)O)s3)nc12. The molecule has 2 fully saturated rings. The van der Waals surface area contributed by atoms with Gasteiger partial charge in [0.2, 0.25) is 0 Å². The van der Waals surface area contributed by atoms with Crippen LogP contribution in [0.15, 0.2) is 48.8 Å². The molecule has 46 heavy (non-hydrogen) atoms. The van der Waals surface area contributed by atoms with Crippen LogP contribution in [0.25, 0.3) is 32.4 Å². The predicted octanol–water partition coefficient (Wildman–Crippen LogP) is 4.49. The first-order valence-electron chi connectivity index (χ1n) is 14.3. The molecule has 0 radical (unpaired) electrons. The summed E-state index contributed by atoms with van der Waals surface area (Å²) in [6.07, 6.45) is 8.87. The number of primary amides is 1. The highest BCUT2D eigenvalue weighted by molar-refractivity contribution is 7.17. The Morgan fingerprint density at radius 3 is 1.61 bits per heavy atom. The summed E-state index contributed by atoms with van der Waals surface area (Å²) in [7, 11) is 0. The van der Waals surface area contributed by atoms with Gasteiger partial charge in [0.15, 0.2) is 23.9 Å². The van der Waals surface area contributed by atoms with Gasteiger partial charge in [0.1, 0.15) is 16.5 Å². The number of carboxylic acid groups (broad SMARTS) is 1. The summed E-state index contributed by atoms with van der Waals surface area (Å²) < 4.78 is 3.24. The van der Waals surface area contributed by atoms with Gasteiger partial charge in [-0.2, -0.15) is 19.2 Å². The first-order chi connectivity index (χ1) is 22.3. The zero-order chi connectivity index (χ0) is 31.9. The average molecular weight is 656 g/mol. The third kappa shape index (κ3) is 5.82. The number of nitrogens with zero attached hydrogens (tertiary/aromatic N) is 6. The van der Waals surface area contributed by atoms with E-state index in [-0.39, 0.29) is 4.88 Å². The molecule has 0 saturated heterocycles. The third-order valence-corrected chi connectivity index (χ3v) is 9.50. The lowest BCUT2D eigenvalue weighted by atomic mass is 10.3. The molecule has 14 nitrogen and oxygen atoms in total. The number of fused-ring (bicyclic) bond motifs is 2. The second-order valence-electron chi connectivity index (χ2n) is 10.8. The number of nitrogens with two attached hydrogens (primary N) is 1. The number of carbonyl (C=O) groups is 4. The Hall–Kier alpha value is -5.48. The molecule has 0 spiro atoms. The fourth-order valence-corrected chi connectivity index (χ4v) is 6.28. The van der Waals surface area contributed by atoms with Crippen LogP contribution >= 0.6 is 22.7 Å². The molecule has 8 rings (SSSR count). The molecule has 1 amide bonds. The summed E-state index contributed by atoms with van der Waals surface area (Å²) in [4.78, 5) is 56.0. The van der Waals surface area contributed by atoms with E-state index < -0.39 is 11.9 Å². The first-order valence-corrected chi connectivity index (χ1v) is 15.9. The molecule has 5 N–H and O–H groups in total. The summed E-state index contributed by atoms with van der Waals surface area (Å²) in [6.45, 7) is 0. The zero-order valence-electron chi connectivity index (χ0n) is 23.9. The number of hydrogen-bond donors (Lipinski definition) is 4. The Morgan fingerprint density at radius 1 is 0.783 bits per heavy atom. The molecular formula is C30H25N9O5S2. The van der Waals surface area contributed by atoms with Crippen molar-refractivity contribution in [1.82, 2.24) is 29.2 Å². The van der Waals surface area contributed by atoms with Crippen LogP contribution in [0.3, 0.4) is 0 Å². The number of amides is 1. The van der Waals surface area contributed by atoms with Crippen molar-refractivity contribution >= 4 is 70.1 Å². The Bertz CT molecular complexity index is 2000. The molecule has 6 heterocycles. The highest BCUT2D eigenvalue weighted by Gasteiger charge is 2.25. The summed E-state index contributed by atoms with van der Waals surface area (Å²) in [5.41, 5.74) is 8.41. The van der Waals surface area contributed by atoms with Gasteiger partial charge in [0, 0.05) is 24.2 Å². The van der Waals surface area contributed by atoms with Crippen LogP contribution in [-0.4, -0.2) is 70.8 Å². The minimum Gasteiger partial charge on any atom is -0.477 e. The highest BCUT2D eigenvalue weighted by atomic mass is 32.1. The van der Waals surface area contributed by atoms with Gasteiger partial charge in [-0.3, -0.25) is 14.4 Å². The van der Waals surface area contributed by atoms with E-state index in [0.29, 0.717) is 50.8 Å². The maximum atomic E-state index is 11.3. The average Bonchev–Trinajstić information content (AvgIpc) is 3.75. The fraction of sp³-hybridized carbons (Fsp3) is 0.200. The van der Waals surface area contributed by atoms with E-state index in [1.54, 1.807) is 33.3 Å². The van der Waals surface area contributed by atoms with Gasteiger partial charge in [-0.25, -0.2) is 14.8 Å². The number of carbonyl (C=O) groups excluding carboxylic acids is 3. The van der Waals surface area contributed by atoms with Crippen LogP contribution in [0.1, 0.15) is 65.7 Å². The summed E-state index contributed by atoms with van der Waals surface area (Å²) in [5.74, 6) is 0.119. The second kappa shape index (κ2) is 11.8. The number of nitrogens with one attached hydrogen (secondary N) is 2. The topological polar surface area (TPSA) is 199 Å². The van der Waals surface area contributed by atoms with Crippen molar-refractivity contribution in [2.24, 2.45) is 5.73 Å². The monoisotopic (exact) mass is 655 g/mol. The maximum Gasteiger partial charge on any atom is 0.345 e. The number of rotatable bonds is 10. The lowest BCUT2D eigenvalue weighted by Crippen LogP contribution is -2.08. The summed E-state index contributed by atoms with van der Waals surface area (Å²) in [6, 6.07) is 11.3. The van der Waals surface area contributed by atoms with Crippen molar-refractivity contribution in [2.75, 3.05) is 10.6 Å². The lowest BCUT2D eigenvalue weighted by Gasteiger charge is -2.09. The van der Waals surface area contributed by atoms with Gasteiger partial charge in [-0.1, -0.05) is 0 Å². The van der Waals surface area contributed by atoms with Crippen molar-refractivity contribution in [1.29, 1.82) is 0 Å². The number of aldehydes is 2. The largest absolute Gasteiger partial charge is 0.477 e. The molecule has 0 unspecified atom stereocenters. The molecule has 16 heteroatoms. The van der Waals surface area contributed by atoms with Gasteiger partial charge >= 0.3 is 5.97 Å². The normalized spacial score (nSPS) is 14.1. The summed E-state index contributed by atoms with van der Waals surface area (Å²) in [5, 5.41) is 24.3. The van der Waals surface area contributed by atoms with Crippen molar-refractivity contribution in [3.05, 3.63) is 69.7 Å². The molecule has 232 valence electrons. The number of hydrogen-bond acceptors (Lipinski definition) is 12. The summed E-state index contributed by atoms with van der Waals surface area (Å²) >= 11 is 2.43.